The molecule has 5 rings (SSSR count). The SMILES string of the molecule is CC(C)(C)Nc1ncnc2c1ncn2[C@@H]1O[C@H](c2nc(C3CC3)no2)[C@@H](O)[C@H]1O. The van der Waals surface area contributed by atoms with Gasteiger partial charge in [-0.1, -0.05) is 5.16 Å². The fourth-order valence-electron chi connectivity index (χ4n) is 3.45. The van der Waals surface area contributed by atoms with Crippen LogP contribution in [0, 0.1) is 0 Å². The third kappa shape index (κ3) is 3.24. The van der Waals surface area contributed by atoms with Crippen LogP contribution in [0.15, 0.2) is 17.2 Å². The van der Waals surface area contributed by atoms with E-state index in [1.165, 1.54) is 12.7 Å². The highest BCUT2D eigenvalue weighted by Gasteiger charge is 2.48. The molecule has 0 spiro atoms. The summed E-state index contributed by atoms with van der Waals surface area (Å²) >= 11 is 0. The molecule has 11 nitrogen and oxygen atoms in total. The Kier molecular flexibility index (Phi) is 4.09. The second-order valence-corrected chi connectivity index (χ2v) is 8.61. The van der Waals surface area contributed by atoms with E-state index in [0.717, 1.165) is 12.8 Å². The lowest BCUT2D eigenvalue weighted by atomic mass is 10.1. The minimum atomic E-state index is -1.22. The lowest BCUT2D eigenvalue weighted by molar-refractivity contribution is -0.0451. The van der Waals surface area contributed by atoms with Crippen LogP contribution in [0.1, 0.15) is 63.6 Å². The van der Waals surface area contributed by atoms with Gasteiger partial charge in [-0.3, -0.25) is 4.57 Å². The number of hydrogen-bond donors (Lipinski definition) is 3. The highest BCUT2D eigenvalue weighted by atomic mass is 16.6. The predicted octanol–water partition coefficient (Wildman–Crippen LogP) is 1.29. The molecule has 1 saturated heterocycles. The quantitative estimate of drug-likeness (QED) is 0.585. The first kappa shape index (κ1) is 18.4. The fourth-order valence-corrected chi connectivity index (χ4v) is 3.45. The highest BCUT2D eigenvalue weighted by molar-refractivity contribution is 5.83. The molecule has 1 aliphatic carbocycles. The van der Waals surface area contributed by atoms with E-state index in [-0.39, 0.29) is 11.4 Å². The Balaban J connectivity index is 1.46. The van der Waals surface area contributed by atoms with Gasteiger partial charge in [-0.2, -0.15) is 4.98 Å². The van der Waals surface area contributed by atoms with Crippen molar-refractivity contribution in [2.45, 2.75) is 69.6 Å². The molecule has 3 aromatic heterocycles. The maximum absolute atomic E-state index is 10.6. The summed E-state index contributed by atoms with van der Waals surface area (Å²) < 4.78 is 12.8. The summed E-state index contributed by atoms with van der Waals surface area (Å²) in [5.41, 5.74) is 0.810. The van der Waals surface area contributed by atoms with Crippen LogP contribution in [0.4, 0.5) is 5.82 Å². The molecule has 3 aromatic rings. The van der Waals surface area contributed by atoms with Crippen LogP contribution < -0.4 is 5.32 Å². The Morgan fingerprint density at radius 1 is 1.14 bits per heavy atom. The number of aromatic nitrogens is 6. The van der Waals surface area contributed by atoms with Crippen molar-refractivity contribution in [2.75, 3.05) is 5.32 Å². The molecule has 4 atom stereocenters. The third-order valence-corrected chi connectivity index (χ3v) is 5.01. The summed E-state index contributed by atoms with van der Waals surface area (Å²) in [6.07, 6.45) is 0.717. The van der Waals surface area contributed by atoms with Gasteiger partial charge in [0.1, 0.15) is 18.5 Å². The second kappa shape index (κ2) is 6.44. The van der Waals surface area contributed by atoms with Crippen molar-refractivity contribution in [3.63, 3.8) is 0 Å². The van der Waals surface area contributed by atoms with Crippen LogP contribution in [-0.2, 0) is 4.74 Å². The van der Waals surface area contributed by atoms with E-state index >= 15 is 0 Å². The first-order chi connectivity index (χ1) is 13.8. The Hall–Kier alpha value is -2.63. The van der Waals surface area contributed by atoms with Crippen molar-refractivity contribution in [1.29, 1.82) is 0 Å². The van der Waals surface area contributed by atoms with E-state index in [9.17, 15) is 10.2 Å². The molecule has 0 aromatic carbocycles. The summed E-state index contributed by atoms with van der Waals surface area (Å²) in [6.45, 7) is 6.05. The Bertz CT molecular complexity index is 1040. The molecule has 4 heterocycles. The molecular weight excluding hydrogens is 378 g/mol. The van der Waals surface area contributed by atoms with Crippen molar-refractivity contribution in [2.24, 2.45) is 0 Å². The van der Waals surface area contributed by atoms with Crippen molar-refractivity contribution in [3.8, 4) is 0 Å². The maximum Gasteiger partial charge on any atom is 0.258 e. The summed E-state index contributed by atoms with van der Waals surface area (Å²) in [6, 6.07) is 0. The van der Waals surface area contributed by atoms with Gasteiger partial charge in [-0.25, -0.2) is 15.0 Å². The third-order valence-electron chi connectivity index (χ3n) is 5.01. The van der Waals surface area contributed by atoms with Crippen LogP contribution in [0.2, 0.25) is 0 Å². The number of anilines is 1. The van der Waals surface area contributed by atoms with E-state index in [0.29, 0.717) is 28.7 Å². The molecule has 2 aliphatic rings. The monoisotopic (exact) mass is 401 g/mol. The van der Waals surface area contributed by atoms with Gasteiger partial charge in [-0.05, 0) is 33.6 Å². The molecule has 0 amide bonds. The summed E-state index contributed by atoms with van der Waals surface area (Å²) in [7, 11) is 0. The Labute approximate surface area is 166 Å². The summed E-state index contributed by atoms with van der Waals surface area (Å²) in [5, 5.41) is 28.4. The Morgan fingerprint density at radius 2 is 1.93 bits per heavy atom. The molecule has 1 aliphatic heterocycles. The van der Waals surface area contributed by atoms with E-state index < -0.39 is 24.5 Å². The first-order valence-corrected chi connectivity index (χ1v) is 9.62. The smallest absolute Gasteiger partial charge is 0.258 e. The highest BCUT2D eigenvalue weighted by Crippen LogP contribution is 2.42. The van der Waals surface area contributed by atoms with Crippen molar-refractivity contribution in [1.82, 2.24) is 29.7 Å². The average molecular weight is 401 g/mol. The lowest BCUT2D eigenvalue weighted by Gasteiger charge is -2.21. The van der Waals surface area contributed by atoms with Crippen molar-refractivity contribution < 1.29 is 19.5 Å². The molecule has 11 heteroatoms. The normalized spacial score (nSPS) is 27.6. The number of aliphatic hydroxyl groups excluding tert-OH is 2. The van der Waals surface area contributed by atoms with E-state index in [2.05, 4.69) is 30.4 Å². The van der Waals surface area contributed by atoms with Crippen molar-refractivity contribution in [3.05, 3.63) is 24.4 Å². The zero-order valence-corrected chi connectivity index (χ0v) is 16.3. The predicted molar refractivity (Wildman–Crippen MR) is 99.8 cm³/mol. The summed E-state index contributed by atoms with van der Waals surface area (Å²) in [4.78, 5) is 17.3. The molecule has 154 valence electrons. The molecular formula is C18H23N7O4. The van der Waals surface area contributed by atoms with Gasteiger partial charge >= 0.3 is 0 Å². The van der Waals surface area contributed by atoms with Crippen LogP contribution in [-0.4, -0.2) is 57.6 Å². The number of nitrogens with zero attached hydrogens (tertiary/aromatic N) is 6. The van der Waals surface area contributed by atoms with Gasteiger partial charge in [0.15, 0.2) is 35.1 Å². The van der Waals surface area contributed by atoms with Crippen LogP contribution >= 0.6 is 0 Å². The maximum atomic E-state index is 10.6. The number of aliphatic hydroxyl groups is 2. The fraction of sp³-hybridized carbons (Fsp3) is 0.611. The molecule has 0 bridgehead atoms. The van der Waals surface area contributed by atoms with Crippen LogP contribution in [0.25, 0.3) is 11.2 Å². The van der Waals surface area contributed by atoms with E-state index in [1.54, 1.807) is 4.57 Å². The number of imidazole rings is 1. The zero-order valence-electron chi connectivity index (χ0n) is 16.3. The molecule has 0 unspecified atom stereocenters. The average Bonchev–Trinajstić information content (AvgIpc) is 3.11. The molecule has 29 heavy (non-hydrogen) atoms. The first-order valence-electron chi connectivity index (χ1n) is 9.62. The molecule has 0 radical (unpaired) electrons. The summed E-state index contributed by atoms with van der Waals surface area (Å²) in [5.74, 6) is 1.68. The van der Waals surface area contributed by atoms with Crippen molar-refractivity contribution >= 4 is 17.0 Å². The number of rotatable bonds is 4. The van der Waals surface area contributed by atoms with Crippen LogP contribution in [0.5, 0.6) is 0 Å². The van der Waals surface area contributed by atoms with Gasteiger partial charge < -0.3 is 24.8 Å². The minimum absolute atomic E-state index is 0.162. The van der Waals surface area contributed by atoms with Gasteiger partial charge in [-0.15, -0.1) is 0 Å². The van der Waals surface area contributed by atoms with E-state index in [4.69, 9.17) is 9.26 Å². The van der Waals surface area contributed by atoms with Gasteiger partial charge in [0, 0.05) is 11.5 Å². The standard InChI is InChI=1S/C18H23N7O4/c1-18(2,3)23-14-9-15(20-6-19-14)25(7-21-9)17-11(27)10(26)12(28-17)16-22-13(24-29-16)8-4-5-8/h6-8,10-12,17,26-27H,4-5H2,1-3H3,(H,19,20,23)/t10-,11+,12-,17+/m0/s1. The minimum Gasteiger partial charge on any atom is -0.387 e. The molecule has 3 N–H and O–H groups in total. The largest absolute Gasteiger partial charge is 0.387 e. The Morgan fingerprint density at radius 3 is 2.66 bits per heavy atom. The number of ether oxygens (including phenoxy) is 1. The number of fused-ring (bicyclic) bond motifs is 1. The van der Waals surface area contributed by atoms with Crippen LogP contribution in [0.3, 0.4) is 0 Å². The zero-order chi connectivity index (χ0) is 20.3. The lowest BCUT2D eigenvalue weighted by Crippen LogP contribution is -2.29. The second-order valence-electron chi connectivity index (χ2n) is 8.61. The van der Waals surface area contributed by atoms with E-state index in [1.807, 2.05) is 20.8 Å². The topological polar surface area (TPSA) is 144 Å². The number of nitrogens with one attached hydrogen (secondary N) is 1. The van der Waals surface area contributed by atoms with Gasteiger partial charge in [0.05, 0.1) is 6.33 Å². The number of hydrogen-bond acceptors (Lipinski definition) is 10. The molecule has 2 fully saturated rings. The van der Waals surface area contributed by atoms with Gasteiger partial charge in [0.25, 0.3) is 5.89 Å². The molecule has 1 saturated carbocycles. The van der Waals surface area contributed by atoms with Gasteiger partial charge in [0.2, 0.25) is 0 Å².